The maximum atomic E-state index is 12.7. The summed E-state index contributed by atoms with van der Waals surface area (Å²) in [6.07, 6.45) is 4.14. The molecule has 6 nitrogen and oxygen atoms in total. The Balaban J connectivity index is 1.71. The number of hydrogen-bond acceptors (Lipinski definition) is 5. The number of carbonyl (C=O) groups is 1. The normalized spacial score (nSPS) is 17.3. The molecule has 0 spiro atoms. The summed E-state index contributed by atoms with van der Waals surface area (Å²) in [4.78, 5) is 17.1. The molecule has 134 valence electrons. The lowest BCUT2D eigenvalue weighted by Gasteiger charge is -2.34. The summed E-state index contributed by atoms with van der Waals surface area (Å²) in [5.74, 6) is -0.385. The van der Waals surface area contributed by atoms with Crippen molar-refractivity contribution in [1.29, 1.82) is 0 Å². The third kappa shape index (κ3) is 3.52. The van der Waals surface area contributed by atoms with Crippen molar-refractivity contribution in [1.82, 2.24) is 15.6 Å². The molecule has 1 aromatic carbocycles. The third-order valence-electron chi connectivity index (χ3n) is 4.93. The highest BCUT2D eigenvalue weighted by Crippen LogP contribution is 2.28. The summed E-state index contributed by atoms with van der Waals surface area (Å²) in [5.41, 5.74) is 1.95. The number of benzene rings is 1. The third-order valence-corrected chi connectivity index (χ3v) is 6.94. The summed E-state index contributed by atoms with van der Waals surface area (Å²) < 4.78 is 23.2. The summed E-state index contributed by atoms with van der Waals surface area (Å²) in [6.45, 7) is 1.46. The second kappa shape index (κ2) is 7.09. The minimum atomic E-state index is -3.48. The first kappa shape index (κ1) is 17.8. The van der Waals surface area contributed by atoms with Crippen molar-refractivity contribution in [3.63, 3.8) is 0 Å². The van der Waals surface area contributed by atoms with Crippen molar-refractivity contribution < 1.29 is 13.2 Å². The molecule has 0 radical (unpaired) electrons. The predicted octanol–water partition coefficient (Wildman–Crippen LogP) is 1.06. The van der Waals surface area contributed by atoms with E-state index in [2.05, 4.69) is 15.6 Å². The highest BCUT2D eigenvalue weighted by atomic mass is 32.2. The maximum absolute atomic E-state index is 12.7. The number of para-hydroxylation sites is 1. The SMILES string of the molecule is CS(=O)(=O)C1(C(=O)NCCc2cccc3cccnc23)CCNCC1. The van der Waals surface area contributed by atoms with Gasteiger partial charge in [-0.1, -0.05) is 24.3 Å². The van der Waals surface area contributed by atoms with Crippen LogP contribution < -0.4 is 10.6 Å². The van der Waals surface area contributed by atoms with Crippen molar-refractivity contribution in [2.45, 2.75) is 24.0 Å². The fourth-order valence-corrected chi connectivity index (χ4v) is 4.79. The Morgan fingerprint density at radius 3 is 2.68 bits per heavy atom. The Morgan fingerprint density at radius 2 is 1.96 bits per heavy atom. The summed E-state index contributed by atoms with van der Waals surface area (Å²) >= 11 is 0. The monoisotopic (exact) mass is 361 g/mol. The topological polar surface area (TPSA) is 88.2 Å². The van der Waals surface area contributed by atoms with Gasteiger partial charge >= 0.3 is 0 Å². The lowest BCUT2D eigenvalue weighted by Crippen LogP contribution is -2.57. The Labute approximate surface area is 147 Å². The molecule has 2 N–H and O–H groups in total. The molecule has 3 rings (SSSR count). The largest absolute Gasteiger partial charge is 0.354 e. The zero-order valence-corrected chi connectivity index (χ0v) is 15.1. The number of amides is 1. The van der Waals surface area contributed by atoms with E-state index < -0.39 is 14.6 Å². The molecule has 0 bridgehead atoms. The van der Waals surface area contributed by atoms with Crippen LogP contribution in [-0.2, 0) is 21.1 Å². The van der Waals surface area contributed by atoms with Crippen molar-refractivity contribution in [3.8, 4) is 0 Å². The number of nitrogens with zero attached hydrogens (tertiary/aromatic N) is 1. The second-order valence-corrected chi connectivity index (χ2v) is 8.84. The number of aromatic nitrogens is 1. The summed E-state index contributed by atoms with van der Waals surface area (Å²) in [5, 5.41) is 7.01. The number of sulfone groups is 1. The van der Waals surface area contributed by atoms with E-state index >= 15 is 0 Å². The van der Waals surface area contributed by atoms with Crippen LogP contribution >= 0.6 is 0 Å². The van der Waals surface area contributed by atoms with Gasteiger partial charge in [-0.25, -0.2) is 8.42 Å². The Hall–Kier alpha value is -1.99. The fourth-order valence-electron chi connectivity index (χ4n) is 3.44. The van der Waals surface area contributed by atoms with Crippen LogP contribution in [0.2, 0.25) is 0 Å². The van der Waals surface area contributed by atoms with E-state index in [4.69, 9.17) is 0 Å². The lowest BCUT2D eigenvalue weighted by molar-refractivity contribution is -0.124. The molecule has 1 aliphatic rings. The van der Waals surface area contributed by atoms with Crippen LogP contribution in [0.15, 0.2) is 36.5 Å². The van der Waals surface area contributed by atoms with Crippen LogP contribution in [-0.4, -0.2) is 49.9 Å². The molecule has 0 atom stereocenters. The zero-order chi connectivity index (χ0) is 17.9. The number of hydrogen-bond donors (Lipinski definition) is 2. The molecular weight excluding hydrogens is 338 g/mol. The van der Waals surface area contributed by atoms with Gasteiger partial charge in [0.05, 0.1) is 5.52 Å². The van der Waals surface area contributed by atoms with Gasteiger partial charge in [0.1, 0.15) is 0 Å². The van der Waals surface area contributed by atoms with Gasteiger partial charge in [0.25, 0.3) is 0 Å². The average molecular weight is 361 g/mol. The first-order valence-electron chi connectivity index (χ1n) is 8.45. The van der Waals surface area contributed by atoms with E-state index in [1.165, 1.54) is 0 Å². The molecule has 1 saturated heterocycles. The van der Waals surface area contributed by atoms with Crippen LogP contribution in [0.3, 0.4) is 0 Å². The van der Waals surface area contributed by atoms with Crippen LogP contribution in [0.5, 0.6) is 0 Å². The number of piperidine rings is 1. The van der Waals surface area contributed by atoms with Gasteiger partial charge in [-0.05, 0) is 44.0 Å². The number of carbonyl (C=O) groups excluding carboxylic acids is 1. The molecule has 1 aromatic heterocycles. The predicted molar refractivity (Wildman–Crippen MR) is 98.1 cm³/mol. The van der Waals surface area contributed by atoms with Gasteiger partial charge in [0.2, 0.25) is 5.91 Å². The lowest BCUT2D eigenvalue weighted by atomic mass is 9.95. The molecule has 2 heterocycles. The van der Waals surface area contributed by atoms with Crippen LogP contribution in [0, 0.1) is 0 Å². The summed E-state index contributed by atoms with van der Waals surface area (Å²) in [7, 11) is -3.48. The van der Waals surface area contributed by atoms with Crippen LogP contribution in [0.25, 0.3) is 10.9 Å². The molecule has 7 heteroatoms. The minimum Gasteiger partial charge on any atom is -0.354 e. The molecule has 2 aromatic rings. The second-order valence-electron chi connectivity index (χ2n) is 6.51. The molecule has 0 aliphatic carbocycles. The van der Waals surface area contributed by atoms with Crippen molar-refractivity contribution >= 4 is 26.6 Å². The van der Waals surface area contributed by atoms with E-state index in [1.807, 2.05) is 30.3 Å². The van der Waals surface area contributed by atoms with Gasteiger partial charge in [0.15, 0.2) is 14.6 Å². The number of nitrogens with one attached hydrogen (secondary N) is 2. The van der Waals surface area contributed by atoms with Gasteiger partial charge in [-0.2, -0.15) is 0 Å². The Morgan fingerprint density at radius 1 is 1.24 bits per heavy atom. The average Bonchev–Trinajstić information content (AvgIpc) is 2.61. The molecule has 1 fully saturated rings. The molecule has 1 amide bonds. The highest BCUT2D eigenvalue weighted by molar-refractivity contribution is 7.92. The molecule has 25 heavy (non-hydrogen) atoms. The highest BCUT2D eigenvalue weighted by Gasteiger charge is 2.48. The van der Waals surface area contributed by atoms with Gasteiger partial charge in [0, 0.05) is 24.4 Å². The smallest absolute Gasteiger partial charge is 0.241 e. The van der Waals surface area contributed by atoms with Gasteiger partial charge in [-0.3, -0.25) is 9.78 Å². The number of rotatable bonds is 5. The molecular formula is C18H23N3O3S. The van der Waals surface area contributed by atoms with E-state index in [0.717, 1.165) is 22.7 Å². The first-order valence-corrected chi connectivity index (χ1v) is 10.3. The quantitative estimate of drug-likeness (QED) is 0.831. The molecule has 0 unspecified atom stereocenters. The molecule has 1 aliphatic heterocycles. The van der Waals surface area contributed by atoms with Crippen LogP contribution in [0.4, 0.5) is 0 Å². The van der Waals surface area contributed by atoms with Crippen molar-refractivity contribution in [2.75, 3.05) is 25.9 Å². The number of pyridine rings is 1. The molecule has 0 saturated carbocycles. The number of fused-ring (bicyclic) bond motifs is 1. The fraction of sp³-hybridized carbons (Fsp3) is 0.444. The van der Waals surface area contributed by atoms with Crippen molar-refractivity contribution in [3.05, 3.63) is 42.1 Å². The summed E-state index contributed by atoms with van der Waals surface area (Å²) in [6, 6.07) is 9.83. The van der Waals surface area contributed by atoms with Gasteiger partial charge < -0.3 is 10.6 Å². The van der Waals surface area contributed by atoms with E-state index in [0.29, 0.717) is 38.9 Å². The minimum absolute atomic E-state index is 0.313. The van der Waals surface area contributed by atoms with E-state index in [-0.39, 0.29) is 5.91 Å². The van der Waals surface area contributed by atoms with E-state index in [1.54, 1.807) is 6.20 Å². The maximum Gasteiger partial charge on any atom is 0.241 e. The zero-order valence-electron chi connectivity index (χ0n) is 14.3. The standard InChI is InChI=1S/C18H23N3O3S/c1-25(23,24)18(8-12-19-13-9-18)17(22)21-11-7-15-5-2-4-14-6-3-10-20-16(14)15/h2-6,10,19H,7-9,11-13H2,1H3,(H,21,22). The van der Waals surface area contributed by atoms with Crippen LogP contribution in [0.1, 0.15) is 18.4 Å². The first-order chi connectivity index (χ1) is 11.9. The Kier molecular flexibility index (Phi) is 5.06. The van der Waals surface area contributed by atoms with E-state index in [9.17, 15) is 13.2 Å². The van der Waals surface area contributed by atoms with Crippen molar-refractivity contribution in [2.24, 2.45) is 0 Å². The van der Waals surface area contributed by atoms with Gasteiger partial charge in [-0.15, -0.1) is 0 Å². The Bertz CT molecular complexity index is 869.